The highest BCUT2D eigenvalue weighted by atomic mass is 16.5. The molecule has 41 heavy (non-hydrogen) atoms. The number of unbranched alkanes of at least 4 members (excludes halogenated alkanes) is 2. The SMILES string of the molecule is CC(C)Cc1ccc(C(Oc2ccc(C(=O)c3cn(CCCCCC(=O)O)c4ccccc34)cc2)C(C)(C)C)cc1. The quantitative estimate of drug-likeness (QED) is 0.133. The molecule has 1 heterocycles. The van der Waals surface area contributed by atoms with Crippen LogP contribution in [-0.4, -0.2) is 21.4 Å². The maximum atomic E-state index is 13.6. The number of rotatable bonds is 13. The second kappa shape index (κ2) is 13.2. The lowest BCUT2D eigenvalue weighted by molar-refractivity contribution is -0.137. The lowest BCUT2D eigenvalue weighted by Crippen LogP contribution is -2.24. The first-order valence-corrected chi connectivity index (χ1v) is 14.7. The molecule has 0 saturated heterocycles. The lowest BCUT2D eigenvalue weighted by atomic mass is 9.84. The Morgan fingerprint density at radius 2 is 1.56 bits per heavy atom. The van der Waals surface area contributed by atoms with Crippen molar-refractivity contribution >= 4 is 22.7 Å². The van der Waals surface area contributed by atoms with Crippen molar-refractivity contribution in [2.75, 3.05) is 0 Å². The Bertz CT molecular complexity index is 1460. The van der Waals surface area contributed by atoms with Gasteiger partial charge in [0.15, 0.2) is 5.78 Å². The van der Waals surface area contributed by atoms with E-state index in [0.717, 1.165) is 48.0 Å². The van der Waals surface area contributed by atoms with Crippen LogP contribution in [0.1, 0.15) is 93.5 Å². The van der Waals surface area contributed by atoms with Crippen molar-refractivity contribution in [3.63, 3.8) is 0 Å². The number of aromatic nitrogens is 1. The zero-order chi connectivity index (χ0) is 29.6. The Hall–Kier alpha value is -3.86. The third-order valence-corrected chi connectivity index (χ3v) is 7.41. The van der Waals surface area contributed by atoms with Gasteiger partial charge in [-0.25, -0.2) is 0 Å². The normalized spacial score (nSPS) is 12.5. The number of aryl methyl sites for hydroxylation is 1. The van der Waals surface area contributed by atoms with Crippen molar-refractivity contribution in [1.82, 2.24) is 4.57 Å². The van der Waals surface area contributed by atoms with E-state index in [4.69, 9.17) is 9.84 Å². The molecule has 1 N–H and O–H groups in total. The van der Waals surface area contributed by atoms with Gasteiger partial charge < -0.3 is 14.4 Å². The summed E-state index contributed by atoms with van der Waals surface area (Å²) in [4.78, 5) is 24.4. The van der Waals surface area contributed by atoms with E-state index >= 15 is 0 Å². The first kappa shape index (κ1) is 30.1. The van der Waals surface area contributed by atoms with Gasteiger partial charge in [-0.15, -0.1) is 0 Å². The zero-order valence-corrected chi connectivity index (χ0v) is 25.0. The Balaban J connectivity index is 1.50. The summed E-state index contributed by atoms with van der Waals surface area (Å²) in [6, 6.07) is 24.2. The number of aliphatic carboxylic acids is 1. The molecule has 1 unspecified atom stereocenters. The molecular weight excluding hydrogens is 510 g/mol. The molecule has 0 aliphatic heterocycles. The van der Waals surface area contributed by atoms with Crippen molar-refractivity contribution in [1.29, 1.82) is 0 Å². The van der Waals surface area contributed by atoms with Crippen molar-refractivity contribution < 1.29 is 19.4 Å². The van der Waals surface area contributed by atoms with E-state index in [9.17, 15) is 9.59 Å². The summed E-state index contributed by atoms with van der Waals surface area (Å²) < 4.78 is 8.64. The first-order valence-electron chi connectivity index (χ1n) is 14.7. The van der Waals surface area contributed by atoms with Gasteiger partial charge >= 0.3 is 5.97 Å². The Labute approximate surface area is 244 Å². The summed E-state index contributed by atoms with van der Waals surface area (Å²) in [7, 11) is 0. The molecule has 0 radical (unpaired) electrons. The van der Waals surface area contributed by atoms with Crippen LogP contribution >= 0.6 is 0 Å². The summed E-state index contributed by atoms with van der Waals surface area (Å²) in [5.74, 6) is 0.566. The minimum absolute atomic E-state index is 0.0227. The van der Waals surface area contributed by atoms with Crippen LogP contribution in [0.3, 0.4) is 0 Å². The summed E-state index contributed by atoms with van der Waals surface area (Å²) in [5.41, 5.74) is 4.66. The van der Waals surface area contributed by atoms with Gasteiger partial charge in [0.25, 0.3) is 0 Å². The summed E-state index contributed by atoms with van der Waals surface area (Å²) in [6.45, 7) is 11.7. The largest absolute Gasteiger partial charge is 0.485 e. The third kappa shape index (κ3) is 7.87. The highest BCUT2D eigenvalue weighted by molar-refractivity contribution is 6.16. The van der Waals surface area contributed by atoms with Crippen LogP contribution in [-0.2, 0) is 17.8 Å². The number of benzene rings is 3. The molecule has 4 rings (SSSR count). The number of para-hydroxylation sites is 1. The van der Waals surface area contributed by atoms with E-state index in [0.29, 0.717) is 23.5 Å². The van der Waals surface area contributed by atoms with Gasteiger partial charge in [0, 0.05) is 46.6 Å². The number of hydrogen-bond acceptors (Lipinski definition) is 3. The van der Waals surface area contributed by atoms with E-state index in [1.807, 2.05) is 54.7 Å². The number of fused-ring (bicyclic) bond motifs is 1. The van der Waals surface area contributed by atoms with E-state index in [1.165, 1.54) is 5.56 Å². The Morgan fingerprint density at radius 3 is 2.20 bits per heavy atom. The Morgan fingerprint density at radius 1 is 0.878 bits per heavy atom. The van der Waals surface area contributed by atoms with Gasteiger partial charge in [-0.05, 0) is 66.6 Å². The molecule has 4 aromatic rings. The minimum Gasteiger partial charge on any atom is -0.485 e. The average molecular weight is 554 g/mol. The van der Waals surface area contributed by atoms with Gasteiger partial charge in [-0.1, -0.05) is 83.5 Å². The van der Waals surface area contributed by atoms with Gasteiger partial charge in [0.2, 0.25) is 0 Å². The molecule has 5 nitrogen and oxygen atoms in total. The van der Waals surface area contributed by atoms with Crippen LogP contribution in [0.5, 0.6) is 5.75 Å². The minimum atomic E-state index is -0.759. The average Bonchev–Trinajstić information content (AvgIpc) is 3.29. The molecule has 0 spiro atoms. The lowest BCUT2D eigenvalue weighted by Gasteiger charge is -2.32. The van der Waals surface area contributed by atoms with Crippen molar-refractivity contribution in [3.05, 3.63) is 101 Å². The molecule has 0 fully saturated rings. The van der Waals surface area contributed by atoms with Crippen LogP contribution in [0.4, 0.5) is 0 Å². The molecule has 0 saturated carbocycles. The number of ketones is 1. The number of nitrogens with zero attached hydrogens (tertiary/aromatic N) is 1. The fourth-order valence-corrected chi connectivity index (χ4v) is 5.37. The molecular formula is C36H43NO4. The molecule has 1 aromatic heterocycles. The number of ether oxygens (including phenoxy) is 1. The molecule has 3 aromatic carbocycles. The molecule has 0 amide bonds. The standard InChI is InChI=1S/C36H43NO4/c1-25(2)23-26-14-16-28(17-15-26)35(36(3,4)5)41-29-20-18-27(19-21-29)34(40)31-24-37(22-10-6-7-13-33(38)39)32-12-9-8-11-30(31)32/h8-9,11-12,14-21,24-25,35H,6-7,10,13,22-23H2,1-5H3,(H,38,39). The van der Waals surface area contributed by atoms with Gasteiger partial charge in [0.05, 0.1) is 0 Å². The third-order valence-electron chi connectivity index (χ3n) is 7.41. The molecule has 5 heteroatoms. The number of carboxylic acid groups (broad SMARTS) is 1. The highest BCUT2D eigenvalue weighted by Crippen LogP contribution is 2.37. The van der Waals surface area contributed by atoms with Crippen LogP contribution in [0.15, 0.2) is 79.0 Å². The van der Waals surface area contributed by atoms with Gasteiger partial charge in [0.1, 0.15) is 11.9 Å². The fraction of sp³-hybridized carbons (Fsp3) is 0.389. The van der Waals surface area contributed by atoms with Crippen molar-refractivity contribution in [2.45, 2.75) is 79.4 Å². The number of carboxylic acids is 1. The van der Waals surface area contributed by atoms with Crippen LogP contribution in [0.25, 0.3) is 10.9 Å². The summed E-state index contributed by atoms with van der Waals surface area (Å²) in [5, 5.41) is 9.80. The predicted molar refractivity (Wildman–Crippen MR) is 166 cm³/mol. The van der Waals surface area contributed by atoms with E-state index in [1.54, 1.807) is 0 Å². The second-order valence-electron chi connectivity index (χ2n) is 12.5. The second-order valence-corrected chi connectivity index (χ2v) is 12.5. The first-order chi connectivity index (χ1) is 19.5. The summed E-state index contributed by atoms with van der Waals surface area (Å²) >= 11 is 0. The zero-order valence-electron chi connectivity index (χ0n) is 25.0. The van der Waals surface area contributed by atoms with Gasteiger partial charge in [-0.3, -0.25) is 9.59 Å². The van der Waals surface area contributed by atoms with E-state index < -0.39 is 5.97 Å². The van der Waals surface area contributed by atoms with Crippen LogP contribution in [0, 0.1) is 11.3 Å². The number of hydrogen-bond donors (Lipinski definition) is 1. The maximum absolute atomic E-state index is 13.6. The topological polar surface area (TPSA) is 68.5 Å². The molecule has 0 aliphatic rings. The van der Waals surface area contributed by atoms with E-state index in [-0.39, 0.29) is 23.7 Å². The highest BCUT2D eigenvalue weighted by Gasteiger charge is 2.28. The van der Waals surface area contributed by atoms with Crippen molar-refractivity contribution in [2.24, 2.45) is 11.3 Å². The monoisotopic (exact) mass is 553 g/mol. The maximum Gasteiger partial charge on any atom is 0.303 e. The Kier molecular flexibility index (Phi) is 9.69. The van der Waals surface area contributed by atoms with Gasteiger partial charge in [-0.2, -0.15) is 0 Å². The number of carbonyl (C=O) groups excluding carboxylic acids is 1. The van der Waals surface area contributed by atoms with E-state index in [2.05, 4.69) is 63.5 Å². The van der Waals surface area contributed by atoms with Crippen LogP contribution < -0.4 is 4.74 Å². The molecule has 216 valence electrons. The smallest absolute Gasteiger partial charge is 0.303 e. The molecule has 0 aliphatic carbocycles. The molecule has 1 atom stereocenters. The van der Waals surface area contributed by atoms with Crippen LogP contribution in [0.2, 0.25) is 0 Å². The summed E-state index contributed by atoms with van der Waals surface area (Å²) in [6.07, 6.45) is 5.41. The predicted octanol–water partition coefficient (Wildman–Crippen LogP) is 8.88. The number of carbonyl (C=O) groups is 2. The molecule has 0 bridgehead atoms. The fourth-order valence-electron chi connectivity index (χ4n) is 5.37. The van der Waals surface area contributed by atoms with Crippen molar-refractivity contribution in [3.8, 4) is 5.75 Å².